The van der Waals surface area contributed by atoms with Crippen LogP contribution >= 0.6 is 0 Å². The number of aliphatic carboxylic acids is 1. The van der Waals surface area contributed by atoms with Crippen molar-refractivity contribution in [3.63, 3.8) is 0 Å². The Morgan fingerprint density at radius 3 is 2.03 bits per heavy atom. The smallest absolute Gasteiger partial charge is 0.335 e. The minimum Gasteiger partial charge on any atom is -0.479 e. The van der Waals surface area contributed by atoms with E-state index in [-0.39, 0.29) is 34.0 Å². The first-order chi connectivity index (χ1) is 30.7. The van der Waals surface area contributed by atoms with Crippen LogP contribution in [0.5, 0.6) is 0 Å². The van der Waals surface area contributed by atoms with Crippen LogP contribution in [0.2, 0.25) is 0 Å². The molecule has 3 saturated heterocycles. The summed E-state index contributed by atoms with van der Waals surface area (Å²) in [5.41, 5.74) is -1.77. The zero-order valence-corrected chi connectivity index (χ0v) is 39.0. The van der Waals surface area contributed by atoms with Crippen LogP contribution in [0, 0.1) is 50.2 Å². The Balaban J connectivity index is 1.05. The maximum Gasteiger partial charge on any atom is 0.335 e. The molecule has 0 unspecified atom stereocenters. The van der Waals surface area contributed by atoms with E-state index in [0.717, 1.165) is 19.3 Å². The first-order valence-electron chi connectivity index (χ1n) is 23.8. The third-order valence-electron chi connectivity index (χ3n) is 18.8. The van der Waals surface area contributed by atoms with E-state index in [0.29, 0.717) is 38.5 Å². The predicted octanol–water partition coefficient (Wildman–Crippen LogP) is -0.157. The molecule has 0 spiro atoms. The van der Waals surface area contributed by atoms with Crippen LogP contribution in [0.25, 0.3) is 0 Å². The first-order valence-corrected chi connectivity index (χ1v) is 23.8. The molecule has 3 heterocycles. The highest BCUT2D eigenvalue weighted by atomic mass is 16.7. The van der Waals surface area contributed by atoms with Gasteiger partial charge < -0.3 is 84.6 Å². The Hall–Kier alpha value is -1.92. The van der Waals surface area contributed by atoms with Crippen molar-refractivity contribution in [2.45, 2.75) is 204 Å². The molecular formula is C47H74O19. The third kappa shape index (κ3) is 7.73. The Bertz CT molecular complexity index is 1860. The highest BCUT2D eigenvalue weighted by Crippen LogP contribution is 2.76. The van der Waals surface area contributed by atoms with Crippen molar-refractivity contribution in [1.82, 2.24) is 0 Å². The molecule has 376 valence electrons. The monoisotopic (exact) mass is 942 g/mol. The lowest BCUT2D eigenvalue weighted by atomic mass is 9.33. The number of carbonyl (C=O) groups excluding carboxylic acids is 1. The van der Waals surface area contributed by atoms with Crippen LogP contribution in [0.4, 0.5) is 0 Å². The maximum absolute atomic E-state index is 14.7. The van der Waals surface area contributed by atoms with Gasteiger partial charge in [0.05, 0.1) is 30.8 Å². The third-order valence-corrected chi connectivity index (χ3v) is 18.8. The number of hydrogen-bond acceptors (Lipinski definition) is 18. The molecule has 66 heavy (non-hydrogen) atoms. The Kier molecular flexibility index (Phi) is 13.3. The first kappa shape index (κ1) is 50.5. The number of aliphatic hydroxyl groups excluding tert-OH is 10. The fourth-order valence-electron chi connectivity index (χ4n) is 14.9. The fraction of sp³-hybridized carbons (Fsp3) is 0.915. The largest absolute Gasteiger partial charge is 0.479 e. The van der Waals surface area contributed by atoms with E-state index in [1.165, 1.54) is 5.57 Å². The molecule has 0 aromatic rings. The Morgan fingerprint density at radius 1 is 0.697 bits per heavy atom. The minimum absolute atomic E-state index is 0.0489. The molecule has 8 rings (SSSR count). The molecule has 0 bridgehead atoms. The van der Waals surface area contributed by atoms with Gasteiger partial charge in [-0.15, -0.1) is 0 Å². The van der Waals surface area contributed by atoms with Crippen LogP contribution < -0.4 is 0 Å². The quantitative estimate of drug-likeness (QED) is 0.0856. The highest BCUT2D eigenvalue weighted by Gasteiger charge is 2.71. The van der Waals surface area contributed by atoms with E-state index in [2.05, 4.69) is 40.7 Å². The number of fused-ring (bicyclic) bond motifs is 7. The second kappa shape index (κ2) is 17.4. The lowest BCUT2D eigenvalue weighted by Crippen LogP contribution is -2.69. The van der Waals surface area contributed by atoms with Crippen LogP contribution in [0.15, 0.2) is 11.6 Å². The van der Waals surface area contributed by atoms with Crippen LogP contribution in [0.1, 0.15) is 106 Å². The second-order valence-electron chi connectivity index (χ2n) is 23.2. The molecule has 0 aromatic carbocycles. The molecule has 11 N–H and O–H groups in total. The van der Waals surface area contributed by atoms with Gasteiger partial charge in [0.15, 0.2) is 18.7 Å². The van der Waals surface area contributed by atoms with Crippen LogP contribution in [-0.2, 0) is 38.0 Å². The molecule has 7 fully saturated rings. The van der Waals surface area contributed by atoms with E-state index >= 15 is 0 Å². The van der Waals surface area contributed by atoms with Crippen LogP contribution in [0.3, 0.4) is 0 Å². The van der Waals surface area contributed by atoms with Gasteiger partial charge in [0, 0.05) is 0 Å². The van der Waals surface area contributed by atoms with E-state index < -0.39 is 140 Å². The van der Waals surface area contributed by atoms with Crippen molar-refractivity contribution in [3.05, 3.63) is 11.6 Å². The average Bonchev–Trinajstić information content (AvgIpc) is 3.24. The van der Waals surface area contributed by atoms with Crippen molar-refractivity contribution in [2.75, 3.05) is 13.2 Å². The number of rotatable bonds is 8. The van der Waals surface area contributed by atoms with Crippen molar-refractivity contribution in [1.29, 1.82) is 0 Å². The van der Waals surface area contributed by atoms with Gasteiger partial charge in [-0.1, -0.05) is 60.1 Å². The van der Waals surface area contributed by atoms with Gasteiger partial charge >= 0.3 is 11.9 Å². The van der Waals surface area contributed by atoms with Gasteiger partial charge in [-0.25, -0.2) is 4.79 Å². The van der Waals surface area contributed by atoms with Crippen molar-refractivity contribution in [2.24, 2.45) is 50.2 Å². The molecule has 0 amide bonds. The summed E-state index contributed by atoms with van der Waals surface area (Å²) in [5, 5.41) is 117. The molecule has 8 aliphatic rings. The van der Waals surface area contributed by atoms with Gasteiger partial charge in [-0.2, -0.15) is 0 Å². The van der Waals surface area contributed by atoms with Crippen LogP contribution in [-0.4, -0.2) is 180 Å². The Morgan fingerprint density at radius 2 is 1.36 bits per heavy atom. The summed E-state index contributed by atoms with van der Waals surface area (Å²) in [6.45, 7) is 14.2. The number of carbonyl (C=O) groups is 2. The SMILES string of the molecule is CC1(C)CC[C@]2(C(=O)O[C@@H]3O[C@H](CO)[C@@H](O)[C@H](O)[C@H]3O)CC[C@]3(C)C(=CC[C@@H]4[C@@]5(C)C[C@H](O)[C@H](O[C@@H]6O[C@H](C(=O)O)[C@@H](O)[C@H](O[C@@H]7OC[C@@H](O)[C@H](O)[C@H]7O)[C@H]6O)C(C)(C)[C@@H]5CC[C@]43C)[C@@H]2C1. The van der Waals surface area contributed by atoms with E-state index in [1.54, 1.807) is 0 Å². The van der Waals surface area contributed by atoms with Gasteiger partial charge in [0.1, 0.15) is 61.0 Å². The summed E-state index contributed by atoms with van der Waals surface area (Å²) >= 11 is 0. The molecular weight excluding hydrogens is 868 g/mol. The summed E-state index contributed by atoms with van der Waals surface area (Å²) in [4.78, 5) is 27.0. The highest BCUT2D eigenvalue weighted by molar-refractivity contribution is 5.79. The summed E-state index contributed by atoms with van der Waals surface area (Å²) in [7, 11) is 0. The molecule has 0 radical (unpaired) electrons. The van der Waals surface area contributed by atoms with Gasteiger partial charge in [0.25, 0.3) is 0 Å². The van der Waals surface area contributed by atoms with E-state index in [9.17, 15) is 65.8 Å². The second-order valence-corrected chi connectivity index (χ2v) is 23.2. The standard InChI is InChI=1S/C47H74O19/c1-42(2)12-14-47(41(60)66-39-31(55)29(53)28(52)24(18-48)62-39)15-13-45(6)20(21(47)16-42)8-9-26-44(5)17-22(49)36(43(3,4)25(44)10-11-46(26,45)7)65-40-33(57)34(32(56)35(64-40)37(58)59)63-38-30(54)27(51)23(50)19-61-38/h8,21-36,38-40,48-57H,9-19H2,1-7H3,(H,58,59)/t21-,22-,23+,24+,25-,26+,27-,28+,29-,30+,31+,32-,33+,34-,35-,36-,38-,39-,40-,44-,45+,46+,47-/m0/s1. The number of esters is 1. The molecule has 23 atom stereocenters. The topological polar surface area (TPSA) is 312 Å². The van der Waals surface area contributed by atoms with E-state index in [4.69, 9.17) is 28.4 Å². The summed E-state index contributed by atoms with van der Waals surface area (Å²) < 4.78 is 34.8. The summed E-state index contributed by atoms with van der Waals surface area (Å²) in [6.07, 6.45) is -17.7. The summed E-state index contributed by atoms with van der Waals surface area (Å²) in [6, 6.07) is 0. The maximum atomic E-state index is 14.7. The molecule has 19 nitrogen and oxygen atoms in total. The number of aliphatic hydroxyl groups is 10. The molecule has 0 aromatic heterocycles. The number of ether oxygens (including phenoxy) is 6. The zero-order chi connectivity index (χ0) is 48.4. The summed E-state index contributed by atoms with van der Waals surface area (Å²) in [5.74, 6) is -2.31. The molecule has 5 aliphatic carbocycles. The fourth-order valence-corrected chi connectivity index (χ4v) is 14.9. The molecule has 19 heteroatoms. The van der Waals surface area contributed by atoms with Gasteiger partial charge in [-0.05, 0) is 103 Å². The average molecular weight is 943 g/mol. The zero-order valence-electron chi connectivity index (χ0n) is 39.0. The minimum atomic E-state index is -1.97. The van der Waals surface area contributed by atoms with E-state index in [1.807, 2.05) is 13.8 Å². The number of allylic oxidation sites excluding steroid dienone is 2. The number of carboxylic acid groups (broad SMARTS) is 1. The normalized spacial score (nSPS) is 53.2. The molecule has 4 saturated carbocycles. The number of carboxylic acids is 1. The van der Waals surface area contributed by atoms with Gasteiger partial charge in [0.2, 0.25) is 6.29 Å². The predicted molar refractivity (Wildman–Crippen MR) is 226 cm³/mol. The Labute approximate surface area is 385 Å². The number of hydrogen-bond donors (Lipinski definition) is 11. The van der Waals surface area contributed by atoms with Crippen molar-refractivity contribution < 1.29 is 94.2 Å². The molecule has 3 aliphatic heterocycles. The van der Waals surface area contributed by atoms with Crippen molar-refractivity contribution in [3.8, 4) is 0 Å². The van der Waals surface area contributed by atoms with Crippen molar-refractivity contribution >= 4 is 11.9 Å². The lowest BCUT2D eigenvalue weighted by molar-refractivity contribution is -0.362. The lowest BCUT2D eigenvalue weighted by Gasteiger charge is -2.71. The van der Waals surface area contributed by atoms with Gasteiger partial charge in [-0.3, -0.25) is 4.79 Å².